The molecule has 0 N–H and O–H groups in total. The maximum Gasteiger partial charge on any atom is 0.410 e. The van der Waals surface area contributed by atoms with Crippen molar-refractivity contribution in [2.45, 2.75) is 32.0 Å². The molecule has 9 nitrogen and oxygen atoms in total. The first-order valence-electron chi connectivity index (χ1n) is 7.79. The van der Waals surface area contributed by atoms with Crippen LogP contribution in [-0.4, -0.2) is 62.4 Å². The molecule has 0 unspecified atom stereocenters. The fourth-order valence-corrected chi connectivity index (χ4v) is 3.27. The highest BCUT2D eigenvalue weighted by atomic mass is 32.2. The molecule has 1 aliphatic heterocycles. The lowest BCUT2D eigenvalue weighted by atomic mass is 9.87. The van der Waals surface area contributed by atoms with E-state index in [2.05, 4.69) is 9.72 Å². The maximum absolute atomic E-state index is 12.1. The average Bonchev–Trinajstić information content (AvgIpc) is 2.47. The van der Waals surface area contributed by atoms with Gasteiger partial charge in [-0.1, -0.05) is 6.07 Å². The number of likely N-dealkylation sites (tertiary alicyclic amines) is 1. The molecule has 1 aliphatic rings. The number of hydrogen-bond acceptors (Lipinski definition) is 8. The van der Waals surface area contributed by atoms with E-state index in [0.29, 0.717) is 5.56 Å². The molecule has 0 atom stereocenters. The fraction of sp³-hybridized carbons (Fsp3) is 0.562. The third kappa shape index (κ3) is 4.70. The molecule has 1 aromatic heterocycles. The molecule has 26 heavy (non-hydrogen) atoms. The lowest BCUT2D eigenvalue weighted by molar-refractivity contribution is -0.0829. The number of esters is 1. The topological polar surface area (TPSA) is 112 Å². The number of pyridine rings is 1. The van der Waals surface area contributed by atoms with E-state index in [1.807, 2.05) is 0 Å². The van der Waals surface area contributed by atoms with Gasteiger partial charge in [0.15, 0.2) is 0 Å². The van der Waals surface area contributed by atoms with Crippen molar-refractivity contribution >= 4 is 22.2 Å². The molecule has 2 rings (SSSR count). The van der Waals surface area contributed by atoms with Crippen LogP contribution in [0.5, 0.6) is 0 Å². The summed E-state index contributed by atoms with van der Waals surface area (Å²) in [6.07, 6.45) is 1.70. The summed E-state index contributed by atoms with van der Waals surface area (Å²) in [5.74, 6) is -0.612. The summed E-state index contributed by atoms with van der Waals surface area (Å²) < 4.78 is 38.5. The normalized spacial score (nSPS) is 16.6. The first-order chi connectivity index (χ1) is 11.9. The largest absolute Gasteiger partial charge is 0.464 e. The minimum Gasteiger partial charge on any atom is -0.464 e. The Labute approximate surface area is 152 Å². The summed E-state index contributed by atoms with van der Waals surface area (Å²) in [6.45, 7) is 5.17. The second-order valence-electron chi connectivity index (χ2n) is 7.04. The van der Waals surface area contributed by atoms with E-state index in [1.54, 1.807) is 20.8 Å². The summed E-state index contributed by atoms with van der Waals surface area (Å²) in [4.78, 5) is 28.9. The van der Waals surface area contributed by atoms with Gasteiger partial charge in [0, 0.05) is 11.8 Å². The Morgan fingerprint density at radius 2 is 1.85 bits per heavy atom. The summed E-state index contributed by atoms with van der Waals surface area (Å²) in [5.41, 5.74) is -1.44. The lowest BCUT2D eigenvalue weighted by Gasteiger charge is -2.48. The van der Waals surface area contributed by atoms with Crippen LogP contribution in [0.1, 0.15) is 36.8 Å². The number of carbonyl (C=O) groups is 2. The molecule has 0 bridgehead atoms. The number of carbonyl (C=O) groups excluding carboxylic acids is 2. The van der Waals surface area contributed by atoms with Crippen molar-refractivity contribution in [3.8, 4) is 0 Å². The number of ether oxygens (including phenoxy) is 2. The molecule has 1 aromatic rings. The van der Waals surface area contributed by atoms with E-state index in [0.717, 1.165) is 6.26 Å². The van der Waals surface area contributed by atoms with E-state index in [4.69, 9.17) is 8.92 Å². The molecule has 1 saturated heterocycles. The van der Waals surface area contributed by atoms with Crippen molar-refractivity contribution in [2.24, 2.45) is 0 Å². The molecule has 1 fully saturated rings. The molecular formula is C16H22N2O7S. The number of amides is 1. The van der Waals surface area contributed by atoms with Crippen molar-refractivity contribution in [2.75, 3.05) is 26.5 Å². The van der Waals surface area contributed by atoms with Crippen LogP contribution in [0.15, 0.2) is 18.3 Å². The Morgan fingerprint density at radius 3 is 2.27 bits per heavy atom. The van der Waals surface area contributed by atoms with Crippen LogP contribution < -0.4 is 0 Å². The number of aromatic nitrogens is 1. The first kappa shape index (κ1) is 20.1. The summed E-state index contributed by atoms with van der Waals surface area (Å²) in [6, 6.07) is 2.93. The SMILES string of the molecule is COC(=O)c1ccc(C2(OS(C)(=O)=O)CN(C(=O)OC(C)(C)C)C2)cn1. The molecule has 144 valence electrons. The van der Waals surface area contributed by atoms with E-state index < -0.39 is 33.4 Å². The lowest BCUT2D eigenvalue weighted by Crippen LogP contribution is -2.63. The van der Waals surface area contributed by atoms with E-state index in [-0.39, 0.29) is 18.8 Å². The van der Waals surface area contributed by atoms with Crippen LogP contribution in [0.25, 0.3) is 0 Å². The van der Waals surface area contributed by atoms with Crippen molar-refractivity contribution in [3.05, 3.63) is 29.6 Å². The van der Waals surface area contributed by atoms with Crippen molar-refractivity contribution in [3.63, 3.8) is 0 Å². The second kappa shape index (κ2) is 6.84. The molecule has 0 aromatic carbocycles. The van der Waals surface area contributed by atoms with Crippen molar-refractivity contribution < 1.29 is 31.7 Å². The highest BCUT2D eigenvalue weighted by molar-refractivity contribution is 7.86. The first-order valence-corrected chi connectivity index (χ1v) is 9.60. The van der Waals surface area contributed by atoms with Gasteiger partial charge in [0.25, 0.3) is 10.1 Å². The Morgan fingerprint density at radius 1 is 1.23 bits per heavy atom. The van der Waals surface area contributed by atoms with Crippen LogP contribution in [0, 0.1) is 0 Å². The third-order valence-electron chi connectivity index (χ3n) is 3.54. The molecule has 0 spiro atoms. The van der Waals surface area contributed by atoms with Gasteiger partial charge in [-0.15, -0.1) is 0 Å². The van der Waals surface area contributed by atoms with E-state index in [1.165, 1.54) is 30.3 Å². The van der Waals surface area contributed by atoms with Gasteiger partial charge in [0.2, 0.25) is 0 Å². The van der Waals surface area contributed by atoms with E-state index >= 15 is 0 Å². The van der Waals surface area contributed by atoms with Crippen LogP contribution in [-0.2, 0) is 29.4 Å². The molecule has 0 radical (unpaired) electrons. The quantitative estimate of drug-likeness (QED) is 0.562. The fourth-order valence-electron chi connectivity index (χ4n) is 2.49. The van der Waals surface area contributed by atoms with Gasteiger partial charge in [-0.25, -0.2) is 14.6 Å². The zero-order valence-corrected chi connectivity index (χ0v) is 16.1. The Hall–Kier alpha value is -2.20. The van der Waals surface area contributed by atoms with Crippen molar-refractivity contribution in [1.29, 1.82) is 0 Å². The number of nitrogens with zero attached hydrogens (tertiary/aromatic N) is 2. The van der Waals surface area contributed by atoms with Crippen LogP contribution in [0.4, 0.5) is 4.79 Å². The van der Waals surface area contributed by atoms with Gasteiger partial charge in [-0.3, -0.25) is 4.18 Å². The highest BCUT2D eigenvalue weighted by Gasteiger charge is 2.51. The van der Waals surface area contributed by atoms with Crippen LogP contribution in [0.3, 0.4) is 0 Å². The predicted octanol–water partition coefficient (Wildman–Crippen LogP) is 1.29. The standard InChI is InChI=1S/C16H22N2O7S/c1-15(2,3)24-14(20)18-9-16(10-18,25-26(5,21)22)11-6-7-12(17-8-11)13(19)23-4/h6-8H,9-10H2,1-5H3. The van der Waals surface area contributed by atoms with Gasteiger partial charge in [-0.2, -0.15) is 8.42 Å². The summed E-state index contributed by atoms with van der Waals surface area (Å²) in [7, 11) is -2.57. The monoisotopic (exact) mass is 386 g/mol. The van der Waals surface area contributed by atoms with Crippen LogP contribution >= 0.6 is 0 Å². The number of rotatable bonds is 4. The zero-order chi connectivity index (χ0) is 19.8. The smallest absolute Gasteiger partial charge is 0.410 e. The second-order valence-corrected chi connectivity index (χ2v) is 8.62. The van der Waals surface area contributed by atoms with E-state index in [9.17, 15) is 18.0 Å². The summed E-state index contributed by atoms with van der Waals surface area (Å²) in [5, 5.41) is 0. The molecule has 0 saturated carbocycles. The van der Waals surface area contributed by atoms with Crippen LogP contribution in [0.2, 0.25) is 0 Å². The number of hydrogen-bond donors (Lipinski definition) is 0. The molecule has 2 heterocycles. The highest BCUT2D eigenvalue weighted by Crippen LogP contribution is 2.37. The van der Waals surface area contributed by atoms with Gasteiger partial charge < -0.3 is 14.4 Å². The number of methoxy groups -OCH3 is 1. The third-order valence-corrected chi connectivity index (χ3v) is 4.16. The van der Waals surface area contributed by atoms with Crippen molar-refractivity contribution in [1.82, 2.24) is 9.88 Å². The maximum atomic E-state index is 12.1. The molecular weight excluding hydrogens is 364 g/mol. The Kier molecular flexibility index (Phi) is 5.29. The van der Waals surface area contributed by atoms with Gasteiger partial charge in [-0.05, 0) is 26.8 Å². The zero-order valence-electron chi connectivity index (χ0n) is 15.3. The van der Waals surface area contributed by atoms with Gasteiger partial charge in [0.1, 0.15) is 16.9 Å². The Bertz CT molecular complexity index is 791. The Balaban J connectivity index is 2.24. The van der Waals surface area contributed by atoms with Gasteiger partial charge in [0.05, 0.1) is 26.5 Å². The molecule has 10 heteroatoms. The predicted molar refractivity (Wildman–Crippen MR) is 91.0 cm³/mol. The minimum absolute atomic E-state index is 0.0196. The average molecular weight is 386 g/mol. The molecule has 0 aliphatic carbocycles. The molecule has 1 amide bonds. The summed E-state index contributed by atoms with van der Waals surface area (Å²) >= 11 is 0. The van der Waals surface area contributed by atoms with Gasteiger partial charge >= 0.3 is 12.1 Å². The minimum atomic E-state index is -3.80.